The zero-order valence-corrected chi connectivity index (χ0v) is 19.0. The monoisotopic (exact) mass is 428 g/mol. The largest absolute Gasteiger partial charge is 0.475 e. The molecule has 9 nitrogen and oxygen atoms in total. The first-order valence-corrected chi connectivity index (χ1v) is 11.0. The van der Waals surface area contributed by atoms with E-state index in [1.165, 1.54) is 7.11 Å². The van der Waals surface area contributed by atoms with Crippen molar-refractivity contribution in [2.45, 2.75) is 59.2 Å². The predicted molar refractivity (Wildman–Crippen MR) is 104 cm³/mol. The van der Waals surface area contributed by atoms with Gasteiger partial charge >= 0.3 is 13.8 Å². The van der Waals surface area contributed by atoms with Crippen LogP contribution in [0.15, 0.2) is 0 Å². The number of esters is 1. The van der Waals surface area contributed by atoms with Crippen LogP contribution in [0.1, 0.15) is 47.5 Å². The molecule has 0 amide bonds. The summed E-state index contributed by atoms with van der Waals surface area (Å²) in [5.74, 6) is -0.361. The Labute approximate surface area is 168 Å². The minimum atomic E-state index is -3.82. The minimum absolute atomic E-state index is 0.0377. The lowest BCUT2D eigenvalue weighted by atomic mass is 10.2. The summed E-state index contributed by atoms with van der Waals surface area (Å²) in [4.78, 5) is 11.2. The van der Waals surface area contributed by atoms with Gasteiger partial charge in [-0.3, -0.25) is 18.4 Å². The summed E-state index contributed by atoms with van der Waals surface area (Å²) in [6.45, 7) is 11.7. The van der Waals surface area contributed by atoms with Crippen molar-refractivity contribution in [2.75, 3.05) is 53.4 Å². The van der Waals surface area contributed by atoms with E-state index in [4.69, 9.17) is 27.8 Å². The molecule has 0 radical (unpaired) electrons. The van der Waals surface area contributed by atoms with Crippen LogP contribution in [0.2, 0.25) is 0 Å². The summed E-state index contributed by atoms with van der Waals surface area (Å²) >= 11 is 0. The third-order valence-electron chi connectivity index (χ3n) is 3.10. The van der Waals surface area contributed by atoms with Crippen LogP contribution in [0.5, 0.6) is 0 Å². The van der Waals surface area contributed by atoms with Crippen LogP contribution in [0, 0.1) is 0 Å². The Morgan fingerprint density at radius 3 is 2.00 bits per heavy atom. The van der Waals surface area contributed by atoms with Crippen molar-refractivity contribution < 1.29 is 41.9 Å². The summed E-state index contributed by atoms with van der Waals surface area (Å²) in [6, 6.07) is 0. The molecule has 0 aliphatic heterocycles. The zero-order valence-electron chi connectivity index (χ0n) is 18.1. The lowest BCUT2D eigenvalue weighted by Gasteiger charge is -2.28. The van der Waals surface area contributed by atoms with Crippen molar-refractivity contribution in [3.63, 3.8) is 0 Å². The van der Waals surface area contributed by atoms with E-state index in [9.17, 15) is 9.36 Å². The molecule has 0 aliphatic carbocycles. The van der Waals surface area contributed by atoms with E-state index >= 15 is 0 Å². The molecule has 10 heteroatoms. The molecular weight excluding hydrogens is 391 g/mol. The molecule has 0 spiro atoms. The Kier molecular flexibility index (Phi) is 15.0. The van der Waals surface area contributed by atoms with Crippen molar-refractivity contribution in [2.24, 2.45) is 0 Å². The van der Waals surface area contributed by atoms with Gasteiger partial charge in [-0.2, -0.15) is 0 Å². The Morgan fingerprint density at radius 2 is 1.50 bits per heavy atom. The van der Waals surface area contributed by atoms with E-state index in [2.05, 4.69) is 4.74 Å². The van der Waals surface area contributed by atoms with Crippen LogP contribution in [0.25, 0.3) is 0 Å². The first-order chi connectivity index (χ1) is 13.1. The molecule has 0 aliphatic rings. The second-order valence-corrected chi connectivity index (χ2v) is 8.48. The smallest absolute Gasteiger partial charge is 0.469 e. The number of carbonyl (C=O) groups is 1. The fraction of sp³-hybridized carbons (Fsp3) is 0.944. The van der Waals surface area contributed by atoms with Crippen molar-refractivity contribution in [3.8, 4) is 0 Å². The maximum absolute atomic E-state index is 12.9. The topological polar surface area (TPSA) is 98.8 Å². The fourth-order valence-corrected chi connectivity index (χ4v) is 3.57. The number of phosphoric ester groups is 1. The molecule has 0 fully saturated rings. The molecule has 0 aromatic carbocycles. The van der Waals surface area contributed by atoms with Crippen molar-refractivity contribution >= 4 is 13.8 Å². The standard InChI is InChI=1S/C18H37O9P/c1-7-22-10-11-23-12-13-24-14-15-25-28(20,27-18(3,4)5)26-16(2)8-9-17(19)21-6/h16H,7-15H2,1-6H3. The van der Waals surface area contributed by atoms with Gasteiger partial charge in [0.05, 0.1) is 58.5 Å². The van der Waals surface area contributed by atoms with Crippen LogP contribution in [0.4, 0.5) is 0 Å². The van der Waals surface area contributed by atoms with E-state index in [1.807, 2.05) is 6.92 Å². The first-order valence-electron chi connectivity index (χ1n) is 9.55. The summed E-state index contributed by atoms with van der Waals surface area (Å²) in [5, 5.41) is 0. The molecule has 0 aromatic heterocycles. The molecule has 28 heavy (non-hydrogen) atoms. The number of hydrogen-bond acceptors (Lipinski definition) is 9. The number of ether oxygens (including phenoxy) is 4. The Bertz CT molecular complexity index is 451. The first kappa shape index (κ1) is 27.5. The van der Waals surface area contributed by atoms with Crippen LogP contribution in [0.3, 0.4) is 0 Å². The van der Waals surface area contributed by atoms with E-state index in [1.54, 1.807) is 27.7 Å². The Morgan fingerprint density at radius 1 is 0.964 bits per heavy atom. The van der Waals surface area contributed by atoms with Gasteiger partial charge in [-0.25, -0.2) is 4.57 Å². The zero-order chi connectivity index (χ0) is 21.5. The van der Waals surface area contributed by atoms with E-state index < -0.39 is 19.5 Å². The average Bonchev–Trinajstić information content (AvgIpc) is 2.59. The molecule has 0 saturated carbocycles. The average molecular weight is 428 g/mol. The fourth-order valence-electron chi connectivity index (χ4n) is 1.90. The van der Waals surface area contributed by atoms with Gasteiger partial charge in [-0.15, -0.1) is 0 Å². The Balaban J connectivity index is 4.23. The van der Waals surface area contributed by atoms with Crippen molar-refractivity contribution in [1.29, 1.82) is 0 Å². The van der Waals surface area contributed by atoms with Gasteiger partial charge < -0.3 is 18.9 Å². The number of phosphoric acid groups is 1. The number of rotatable bonds is 17. The summed E-state index contributed by atoms with van der Waals surface area (Å²) < 4.78 is 49.8. The highest BCUT2D eigenvalue weighted by Crippen LogP contribution is 2.53. The van der Waals surface area contributed by atoms with Gasteiger partial charge in [0.1, 0.15) is 0 Å². The number of hydrogen-bond donors (Lipinski definition) is 0. The molecule has 0 aromatic rings. The van der Waals surface area contributed by atoms with Gasteiger partial charge in [-0.1, -0.05) is 0 Å². The molecule has 2 atom stereocenters. The third kappa shape index (κ3) is 16.4. The van der Waals surface area contributed by atoms with Gasteiger partial charge in [-0.05, 0) is 41.0 Å². The number of methoxy groups -OCH3 is 1. The summed E-state index contributed by atoms with van der Waals surface area (Å²) in [6.07, 6.45) is -0.0187. The minimum Gasteiger partial charge on any atom is -0.469 e. The van der Waals surface area contributed by atoms with Crippen LogP contribution in [-0.4, -0.2) is 71.0 Å². The van der Waals surface area contributed by atoms with Crippen molar-refractivity contribution in [3.05, 3.63) is 0 Å². The highest BCUT2D eigenvalue weighted by molar-refractivity contribution is 7.48. The third-order valence-corrected chi connectivity index (χ3v) is 4.99. The van der Waals surface area contributed by atoms with E-state index in [0.717, 1.165) is 0 Å². The number of carbonyl (C=O) groups excluding carboxylic acids is 1. The molecule has 168 valence electrons. The van der Waals surface area contributed by atoms with Gasteiger partial charge in [0, 0.05) is 13.0 Å². The lowest BCUT2D eigenvalue weighted by molar-refractivity contribution is -0.141. The maximum atomic E-state index is 12.9. The molecule has 0 saturated heterocycles. The molecule has 0 heterocycles. The second kappa shape index (κ2) is 15.3. The summed E-state index contributed by atoms with van der Waals surface area (Å²) in [7, 11) is -2.51. The molecule has 0 N–H and O–H groups in total. The summed E-state index contributed by atoms with van der Waals surface area (Å²) in [5.41, 5.74) is -0.729. The molecule has 0 bridgehead atoms. The SMILES string of the molecule is CCOCCOCCOCCOP(=O)(OC(C)CCC(=O)OC)OC(C)(C)C. The molecular formula is C18H37O9P. The Hall–Kier alpha value is -0.540. The van der Waals surface area contributed by atoms with Crippen LogP contribution < -0.4 is 0 Å². The van der Waals surface area contributed by atoms with Gasteiger partial charge in [0.2, 0.25) is 0 Å². The predicted octanol–water partition coefficient (Wildman–Crippen LogP) is 3.35. The molecule has 0 rings (SSSR count). The van der Waals surface area contributed by atoms with Crippen LogP contribution >= 0.6 is 7.82 Å². The van der Waals surface area contributed by atoms with Gasteiger partial charge in [0.15, 0.2) is 0 Å². The quantitative estimate of drug-likeness (QED) is 0.196. The highest BCUT2D eigenvalue weighted by atomic mass is 31.2. The lowest BCUT2D eigenvalue weighted by Crippen LogP contribution is -2.22. The normalized spacial score (nSPS) is 15.2. The molecule has 2 unspecified atom stereocenters. The highest BCUT2D eigenvalue weighted by Gasteiger charge is 2.34. The maximum Gasteiger partial charge on any atom is 0.475 e. The van der Waals surface area contributed by atoms with E-state index in [0.29, 0.717) is 39.5 Å². The van der Waals surface area contributed by atoms with Gasteiger partial charge in [0.25, 0.3) is 0 Å². The second-order valence-electron chi connectivity index (χ2n) is 6.94. The van der Waals surface area contributed by atoms with Crippen molar-refractivity contribution in [1.82, 2.24) is 0 Å². The van der Waals surface area contributed by atoms with E-state index in [-0.39, 0.29) is 25.6 Å². The van der Waals surface area contributed by atoms with Crippen LogP contribution in [-0.2, 0) is 41.9 Å².